The van der Waals surface area contributed by atoms with Gasteiger partial charge in [0.05, 0.1) is 5.56 Å². The fraction of sp³-hybridized carbons (Fsp3) is 0.333. The molecule has 1 N–H and O–H groups in total. The van der Waals surface area contributed by atoms with E-state index in [-0.39, 0.29) is 22.1 Å². The number of likely N-dealkylation sites (N-methyl/N-ethyl adjacent to an activating group) is 1. The molecule has 2 aromatic carbocycles. The molecule has 2 aliphatic rings. The minimum absolute atomic E-state index is 0.0823. The van der Waals surface area contributed by atoms with E-state index in [1.165, 1.54) is 23.8 Å². The van der Waals surface area contributed by atoms with Gasteiger partial charge in [0, 0.05) is 23.8 Å². The Hall–Kier alpha value is -2.71. The van der Waals surface area contributed by atoms with Gasteiger partial charge in [-0.1, -0.05) is 12.1 Å². The van der Waals surface area contributed by atoms with E-state index in [0.717, 1.165) is 17.3 Å². The van der Waals surface area contributed by atoms with Crippen molar-refractivity contribution >= 4 is 27.5 Å². The van der Waals surface area contributed by atoms with Crippen LogP contribution in [-0.4, -0.2) is 56.1 Å². The second kappa shape index (κ2) is 7.27. The molecule has 0 bridgehead atoms. The molecule has 1 saturated carbocycles. The van der Waals surface area contributed by atoms with E-state index in [4.69, 9.17) is 0 Å². The van der Waals surface area contributed by atoms with Gasteiger partial charge in [-0.25, -0.2) is 12.7 Å². The number of amides is 2. The van der Waals surface area contributed by atoms with Crippen molar-refractivity contribution in [3.05, 3.63) is 59.2 Å². The molecule has 1 fully saturated rings. The molecule has 152 valence electrons. The number of benzene rings is 2. The first-order valence-electron chi connectivity index (χ1n) is 9.55. The van der Waals surface area contributed by atoms with Gasteiger partial charge >= 0.3 is 0 Å². The normalized spacial score (nSPS) is 17.5. The highest BCUT2D eigenvalue weighted by Crippen LogP contribution is 2.39. The minimum atomic E-state index is -3.88. The van der Waals surface area contributed by atoms with Crippen molar-refractivity contribution in [2.75, 3.05) is 26.0 Å². The van der Waals surface area contributed by atoms with E-state index < -0.39 is 21.8 Å². The van der Waals surface area contributed by atoms with Crippen molar-refractivity contribution in [1.29, 1.82) is 0 Å². The molecule has 4 rings (SSSR count). The Labute approximate surface area is 170 Å². The lowest BCUT2D eigenvalue weighted by Gasteiger charge is -2.13. The summed E-state index contributed by atoms with van der Waals surface area (Å²) >= 11 is 0. The molecule has 1 aliphatic heterocycles. The van der Waals surface area contributed by atoms with Crippen LogP contribution >= 0.6 is 0 Å². The highest BCUT2D eigenvalue weighted by atomic mass is 32.2. The summed E-state index contributed by atoms with van der Waals surface area (Å²) in [7, 11) is 0.153. The molecule has 2 amide bonds. The average Bonchev–Trinajstić information content (AvgIpc) is 3.48. The summed E-state index contributed by atoms with van der Waals surface area (Å²) in [5.74, 6) is -0.913. The Morgan fingerprint density at radius 2 is 1.83 bits per heavy atom. The van der Waals surface area contributed by atoms with Crippen molar-refractivity contribution in [3.63, 3.8) is 0 Å². The van der Waals surface area contributed by atoms with Crippen molar-refractivity contribution in [2.24, 2.45) is 0 Å². The Kier molecular flexibility index (Phi) is 4.92. The predicted octanol–water partition coefficient (Wildman–Crippen LogP) is 2.35. The first kappa shape index (κ1) is 19.6. The molecule has 8 heteroatoms. The Morgan fingerprint density at radius 1 is 1.14 bits per heavy atom. The van der Waals surface area contributed by atoms with Crippen molar-refractivity contribution in [1.82, 2.24) is 9.21 Å². The first-order valence-corrected chi connectivity index (χ1v) is 11.0. The number of fused-ring (bicyclic) bond motifs is 1. The molecular formula is C21H23N3O4S. The average molecular weight is 413 g/mol. The van der Waals surface area contributed by atoms with Gasteiger partial charge in [0.2, 0.25) is 0 Å². The minimum Gasteiger partial charge on any atom is -0.322 e. The third-order valence-electron chi connectivity index (χ3n) is 5.15. The summed E-state index contributed by atoms with van der Waals surface area (Å²) in [6.45, 7) is 0.936. The zero-order valence-electron chi connectivity index (χ0n) is 16.4. The van der Waals surface area contributed by atoms with Gasteiger partial charge in [-0.2, -0.15) is 0 Å². The molecule has 0 radical (unpaired) electrons. The molecule has 1 heterocycles. The van der Waals surface area contributed by atoms with Crippen LogP contribution in [0.25, 0.3) is 0 Å². The second-order valence-corrected chi connectivity index (χ2v) is 9.54. The third kappa shape index (κ3) is 3.77. The van der Waals surface area contributed by atoms with Crippen molar-refractivity contribution in [2.45, 2.75) is 30.2 Å². The Balaban J connectivity index is 1.51. The fourth-order valence-corrected chi connectivity index (χ4v) is 5.21. The molecule has 0 saturated heterocycles. The molecular weight excluding hydrogens is 390 g/mol. The molecule has 2 aromatic rings. The number of rotatable bonds is 6. The number of hydrogen-bond donors (Lipinski definition) is 1. The van der Waals surface area contributed by atoms with Gasteiger partial charge in [0.1, 0.15) is 4.90 Å². The van der Waals surface area contributed by atoms with Crippen LogP contribution in [0.15, 0.2) is 47.4 Å². The second-order valence-electron chi connectivity index (χ2n) is 7.75. The number of nitrogens with one attached hydrogen (secondary N) is 1. The van der Waals surface area contributed by atoms with E-state index in [0.29, 0.717) is 18.5 Å². The van der Waals surface area contributed by atoms with E-state index >= 15 is 0 Å². The van der Waals surface area contributed by atoms with Crippen LogP contribution in [0.4, 0.5) is 5.69 Å². The van der Waals surface area contributed by atoms with Crippen molar-refractivity contribution in [3.8, 4) is 0 Å². The van der Waals surface area contributed by atoms with Crippen LogP contribution in [0.5, 0.6) is 0 Å². The Morgan fingerprint density at radius 3 is 2.45 bits per heavy atom. The third-order valence-corrected chi connectivity index (χ3v) is 7.02. The number of anilines is 1. The van der Waals surface area contributed by atoms with Crippen LogP contribution in [0.1, 0.15) is 39.1 Å². The van der Waals surface area contributed by atoms with E-state index in [1.54, 1.807) is 0 Å². The number of sulfonamides is 1. The number of carbonyl (C=O) groups is 2. The summed E-state index contributed by atoms with van der Waals surface area (Å²) in [4.78, 5) is 27.1. The summed E-state index contributed by atoms with van der Waals surface area (Å²) in [6.07, 6.45) is 2.29. The summed E-state index contributed by atoms with van der Waals surface area (Å²) < 4.78 is 26.4. The number of carbonyl (C=O) groups excluding carboxylic acids is 2. The lowest BCUT2D eigenvalue weighted by Crippen LogP contribution is -2.31. The predicted molar refractivity (Wildman–Crippen MR) is 109 cm³/mol. The summed E-state index contributed by atoms with van der Waals surface area (Å²) in [6, 6.07) is 11.5. The topological polar surface area (TPSA) is 86.8 Å². The van der Waals surface area contributed by atoms with Crippen LogP contribution < -0.4 is 5.32 Å². The molecule has 0 spiro atoms. The molecule has 29 heavy (non-hydrogen) atoms. The van der Waals surface area contributed by atoms with Gasteiger partial charge in [0.25, 0.3) is 21.8 Å². The largest absolute Gasteiger partial charge is 0.322 e. The quantitative estimate of drug-likeness (QED) is 0.786. The Bertz CT molecular complexity index is 1070. The standard InChI is InChI=1S/C21H23N3O4S/c1-23(2)12-11-14-3-6-16(7-4-14)22-20(25)15-5-10-18-19(13-15)29(27,28)24(21(18)26)17-8-9-17/h3-7,10,13,17H,8-9,11-12H2,1-2H3,(H,22,25). The molecule has 0 unspecified atom stereocenters. The smallest absolute Gasteiger partial charge is 0.269 e. The van der Waals surface area contributed by atoms with E-state index in [9.17, 15) is 18.0 Å². The summed E-state index contributed by atoms with van der Waals surface area (Å²) in [5, 5.41) is 2.78. The zero-order chi connectivity index (χ0) is 20.8. The molecule has 0 atom stereocenters. The number of hydrogen-bond acceptors (Lipinski definition) is 5. The van der Waals surface area contributed by atoms with Gasteiger partial charge in [-0.15, -0.1) is 0 Å². The zero-order valence-corrected chi connectivity index (χ0v) is 17.2. The van der Waals surface area contributed by atoms with Crippen LogP contribution in [-0.2, 0) is 16.4 Å². The molecule has 7 nitrogen and oxygen atoms in total. The van der Waals surface area contributed by atoms with Gasteiger partial charge in [0.15, 0.2) is 0 Å². The van der Waals surface area contributed by atoms with Crippen molar-refractivity contribution < 1.29 is 18.0 Å². The van der Waals surface area contributed by atoms with Gasteiger partial charge < -0.3 is 10.2 Å². The SMILES string of the molecule is CN(C)CCc1ccc(NC(=O)c2ccc3c(c2)S(=O)(=O)N(C2CC2)C3=O)cc1. The van der Waals surface area contributed by atoms with E-state index in [2.05, 4.69) is 10.2 Å². The lowest BCUT2D eigenvalue weighted by molar-refractivity contribution is 0.0864. The lowest BCUT2D eigenvalue weighted by atomic mass is 10.1. The maximum atomic E-state index is 12.7. The van der Waals surface area contributed by atoms with E-state index in [1.807, 2.05) is 38.4 Å². The van der Waals surface area contributed by atoms with Gasteiger partial charge in [-0.3, -0.25) is 9.59 Å². The molecule has 0 aromatic heterocycles. The highest BCUT2D eigenvalue weighted by molar-refractivity contribution is 7.90. The van der Waals surface area contributed by atoms with Crippen LogP contribution in [0.3, 0.4) is 0 Å². The monoisotopic (exact) mass is 413 g/mol. The maximum absolute atomic E-state index is 12.7. The number of nitrogens with zero attached hydrogens (tertiary/aromatic N) is 2. The van der Waals surface area contributed by atoms with Crippen LogP contribution in [0.2, 0.25) is 0 Å². The highest BCUT2D eigenvalue weighted by Gasteiger charge is 2.48. The maximum Gasteiger partial charge on any atom is 0.269 e. The summed E-state index contributed by atoms with van der Waals surface area (Å²) in [5.41, 5.74) is 2.13. The first-order chi connectivity index (χ1) is 13.8. The fourth-order valence-electron chi connectivity index (χ4n) is 3.37. The molecule has 1 aliphatic carbocycles. The van der Waals surface area contributed by atoms with Crippen LogP contribution in [0, 0.1) is 0 Å². The van der Waals surface area contributed by atoms with Gasteiger partial charge in [-0.05, 0) is 69.3 Å².